The van der Waals surface area contributed by atoms with Gasteiger partial charge in [-0.15, -0.1) is 0 Å². The Morgan fingerprint density at radius 3 is 2.67 bits per heavy atom. The first-order chi connectivity index (χ1) is 7.09. The zero-order valence-corrected chi connectivity index (χ0v) is 10.5. The van der Waals surface area contributed by atoms with E-state index >= 15 is 0 Å². The van der Waals surface area contributed by atoms with Crippen molar-refractivity contribution >= 4 is 22.6 Å². The highest BCUT2D eigenvalue weighted by Gasteiger charge is 2.37. The van der Waals surface area contributed by atoms with E-state index in [1.54, 1.807) is 6.07 Å². The van der Waals surface area contributed by atoms with Crippen molar-refractivity contribution in [2.75, 3.05) is 17.6 Å². The molecule has 0 aliphatic carbocycles. The number of alkyl halides is 3. The van der Waals surface area contributed by atoms with E-state index in [1.165, 1.54) is 0 Å². The standard InChI is InChI=1S/C10H14F2INO/c11-10(12,2-1-3-14)4-8-6-15-7-9(8)5-13/h8-9H,1-2,4-7H2. The number of ether oxygens (including phenoxy) is 1. The maximum Gasteiger partial charge on any atom is 0.249 e. The molecule has 0 saturated carbocycles. The lowest BCUT2D eigenvalue weighted by Gasteiger charge is -2.21. The molecule has 1 heterocycles. The van der Waals surface area contributed by atoms with Crippen LogP contribution >= 0.6 is 22.6 Å². The molecule has 2 nitrogen and oxygen atoms in total. The zero-order valence-electron chi connectivity index (χ0n) is 8.39. The van der Waals surface area contributed by atoms with Gasteiger partial charge in [0.25, 0.3) is 0 Å². The Morgan fingerprint density at radius 2 is 2.07 bits per heavy atom. The van der Waals surface area contributed by atoms with Crippen LogP contribution in [0.15, 0.2) is 0 Å². The molecule has 2 unspecified atom stereocenters. The summed E-state index contributed by atoms with van der Waals surface area (Å²) >= 11 is 2.21. The van der Waals surface area contributed by atoms with Crippen molar-refractivity contribution in [3.05, 3.63) is 0 Å². The van der Waals surface area contributed by atoms with Gasteiger partial charge in [0.2, 0.25) is 5.92 Å². The fraction of sp³-hybridized carbons (Fsp3) is 0.900. The smallest absolute Gasteiger partial charge is 0.249 e. The minimum absolute atomic E-state index is 0.0457. The molecule has 15 heavy (non-hydrogen) atoms. The lowest BCUT2D eigenvalue weighted by molar-refractivity contribution is -0.0334. The molecule has 5 heteroatoms. The Morgan fingerprint density at radius 1 is 1.40 bits per heavy atom. The van der Waals surface area contributed by atoms with Gasteiger partial charge < -0.3 is 4.74 Å². The second kappa shape index (κ2) is 5.94. The van der Waals surface area contributed by atoms with E-state index < -0.39 is 5.92 Å². The largest absolute Gasteiger partial charge is 0.381 e. The van der Waals surface area contributed by atoms with Gasteiger partial charge in [0, 0.05) is 30.3 Å². The lowest BCUT2D eigenvalue weighted by Crippen LogP contribution is -2.25. The first-order valence-corrected chi connectivity index (χ1v) is 6.50. The summed E-state index contributed by atoms with van der Waals surface area (Å²) in [6.07, 6.45) is -0.536. The molecule has 2 atom stereocenters. The van der Waals surface area contributed by atoms with Crippen LogP contribution in [-0.2, 0) is 4.74 Å². The van der Waals surface area contributed by atoms with E-state index in [0.29, 0.717) is 13.2 Å². The average Bonchev–Trinajstić information content (AvgIpc) is 2.61. The minimum atomic E-state index is -2.71. The Balaban J connectivity index is 2.42. The monoisotopic (exact) mass is 329 g/mol. The summed E-state index contributed by atoms with van der Waals surface area (Å²) in [6, 6.07) is 1.76. The van der Waals surface area contributed by atoms with Crippen molar-refractivity contribution in [3.63, 3.8) is 0 Å². The van der Waals surface area contributed by atoms with Crippen molar-refractivity contribution in [2.45, 2.75) is 25.2 Å². The first kappa shape index (κ1) is 13.1. The Hall–Kier alpha value is 0.0400. The van der Waals surface area contributed by atoms with Gasteiger partial charge in [0.15, 0.2) is 0 Å². The van der Waals surface area contributed by atoms with Gasteiger partial charge in [-0.05, 0) is 11.8 Å². The van der Waals surface area contributed by atoms with Gasteiger partial charge in [-0.2, -0.15) is 5.26 Å². The third-order valence-electron chi connectivity index (χ3n) is 2.69. The average molecular weight is 329 g/mol. The summed E-state index contributed by atoms with van der Waals surface area (Å²) in [5.41, 5.74) is 0. The van der Waals surface area contributed by atoms with E-state index in [4.69, 9.17) is 10.00 Å². The van der Waals surface area contributed by atoms with Crippen LogP contribution in [0.3, 0.4) is 0 Å². The van der Waals surface area contributed by atoms with Gasteiger partial charge in [0.05, 0.1) is 12.7 Å². The van der Waals surface area contributed by atoms with Crippen LogP contribution in [0.2, 0.25) is 0 Å². The summed E-state index contributed by atoms with van der Waals surface area (Å²) < 4.78 is 32.8. The molecule has 1 saturated heterocycles. The second-order valence-corrected chi connectivity index (χ2v) is 4.81. The van der Waals surface area contributed by atoms with Crippen LogP contribution < -0.4 is 0 Å². The fourth-order valence-corrected chi connectivity index (χ4v) is 2.74. The van der Waals surface area contributed by atoms with Gasteiger partial charge in [-0.3, -0.25) is 0 Å². The van der Waals surface area contributed by atoms with Gasteiger partial charge in [-0.1, -0.05) is 22.6 Å². The molecule has 0 aromatic carbocycles. The molecule has 0 aromatic heterocycles. The molecule has 0 radical (unpaired) electrons. The number of hydrogen-bond donors (Lipinski definition) is 0. The first-order valence-electron chi connectivity index (χ1n) is 4.97. The minimum Gasteiger partial charge on any atom is -0.381 e. The third kappa shape index (κ3) is 4.19. The summed E-state index contributed by atoms with van der Waals surface area (Å²) in [7, 11) is 0. The normalized spacial score (nSPS) is 26.5. The molecule has 0 bridgehead atoms. The third-order valence-corrected chi connectivity index (χ3v) is 3.82. The fourth-order valence-electron chi connectivity index (χ4n) is 1.76. The number of nitriles is 1. The van der Waals surface area contributed by atoms with Crippen LogP contribution in [-0.4, -0.2) is 23.6 Å². The molecule has 1 rings (SSSR count). The number of hydrogen-bond acceptors (Lipinski definition) is 2. The molecule has 86 valence electrons. The maximum atomic E-state index is 13.4. The predicted molar refractivity (Wildman–Crippen MR) is 61.1 cm³/mol. The number of rotatable bonds is 5. The summed E-state index contributed by atoms with van der Waals surface area (Å²) in [5, 5.41) is 8.28. The van der Waals surface area contributed by atoms with E-state index in [-0.39, 0.29) is 31.1 Å². The van der Waals surface area contributed by atoms with Crippen LogP contribution in [0, 0.1) is 23.2 Å². The van der Waals surface area contributed by atoms with E-state index in [9.17, 15) is 8.78 Å². The lowest BCUT2D eigenvalue weighted by atomic mass is 9.90. The molecule has 0 aromatic rings. The van der Waals surface area contributed by atoms with Crippen LogP contribution in [0.1, 0.15) is 19.3 Å². The quantitative estimate of drug-likeness (QED) is 0.574. The molecule has 1 aliphatic rings. The van der Waals surface area contributed by atoms with Crippen LogP contribution in [0.5, 0.6) is 0 Å². The van der Waals surface area contributed by atoms with Crippen LogP contribution in [0.25, 0.3) is 0 Å². The molecular weight excluding hydrogens is 315 g/mol. The highest BCUT2D eigenvalue weighted by Crippen LogP contribution is 2.35. The predicted octanol–water partition coefficient (Wildman–Crippen LogP) is 3.01. The molecule has 1 aliphatic heterocycles. The van der Waals surface area contributed by atoms with E-state index in [1.807, 2.05) is 0 Å². The van der Waals surface area contributed by atoms with Crippen molar-refractivity contribution < 1.29 is 13.5 Å². The number of nitrogens with zero attached hydrogens (tertiary/aromatic N) is 1. The Bertz CT molecular complexity index is 242. The Labute approximate surface area is 102 Å². The SMILES string of the molecule is N#CCCC(F)(F)CC1COCC1CI. The van der Waals surface area contributed by atoms with Crippen LogP contribution in [0.4, 0.5) is 8.78 Å². The van der Waals surface area contributed by atoms with Gasteiger partial charge >= 0.3 is 0 Å². The summed E-state index contributed by atoms with van der Waals surface area (Å²) in [5.74, 6) is -2.51. The van der Waals surface area contributed by atoms with E-state index in [0.717, 1.165) is 4.43 Å². The second-order valence-electron chi connectivity index (χ2n) is 3.93. The molecule has 0 amide bonds. The molecule has 1 fully saturated rings. The zero-order chi connectivity index (χ0) is 11.3. The molecule has 0 spiro atoms. The Kier molecular flexibility index (Phi) is 5.19. The number of halogens is 3. The van der Waals surface area contributed by atoms with Gasteiger partial charge in [-0.25, -0.2) is 8.78 Å². The molecular formula is C10H14F2INO. The summed E-state index contributed by atoms with van der Waals surface area (Å²) in [6.45, 7) is 1.04. The molecule has 0 N–H and O–H groups in total. The van der Waals surface area contributed by atoms with Crippen molar-refractivity contribution in [3.8, 4) is 6.07 Å². The van der Waals surface area contributed by atoms with Crippen molar-refractivity contribution in [2.24, 2.45) is 11.8 Å². The highest BCUT2D eigenvalue weighted by molar-refractivity contribution is 14.1. The topological polar surface area (TPSA) is 33.0 Å². The van der Waals surface area contributed by atoms with E-state index in [2.05, 4.69) is 22.6 Å². The summed E-state index contributed by atoms with van der Waals surface area (Å²) in [4.78, 5) is 0. The van der Waals surface area contributed by atoms with Crippen molar-refractivity contribution in [1.82, 2.24) is 0 Å². The maximum absolute atomic E-state index is 13.4. The van der Waals surface area contributed by atoms with Gasteiger partial charge in [0.1, 0.15) is 0 Å². The highest BCUT2D eigenvalue weighted by atomic mass is 127. The van der Waals surface area contributed by atoms with Crippen molar-refractivity contribution in [1.29, 1.82) is 5.26 Å².